The van der Waals surface area contributed by atoms with Gasteiger partial charge >= 0.3 is 5.97 Å². The molecule has 24 heavy (non-hydrogen) atoms. The lowest BCUT2D eigenvalue weighted by Gasteiger charge is -2.16. The molecule has 1 aromatic rings. The molecule has 0 radical (unpaired) electrons. The van der Waals surface area contributed by atoms with Crippen LogP contribution in [-0.2, 0) is 9.53 Å². The van der Waals surface area contributed by atoms with Crippen molar-refractivity contribution in [2.75, 3.05) is 6.54 Å². The van der Waals surface area contributed by atoms with Gasteiger partial charge in [0.2, 0.25) is 0 Å². The summed E-state index contributed by atoms with van der Waals surface area (Å²) in [5.41, 5.74) is 1.58. The molecule has 1 amide bonds. The summed E-state index contributed by atoms with van der Waals surface area (Å²) in [6, 6.07) is 4.49. The first-order valence-corrected chi connectivity index (χ1v) is 8.84. The van der Waals surface area contributed by atoms with Crippen LogP contribution in [0.5, 0.6) is 0 Å². The molecule has 1 aromatic carbocycles. The van der Waals surface area contributed by atoms with Crippen molar-refractivity contribution in [3.8, 4) is 0 Å². The van der Waals surface area contributed by atoms with E-state index in [2.05, 4.69) is 11.4 Å². The van der Waals surface area contributed by atoms with Gasteiger partial charge in [-0.05, 0) is 57.2 Å². The highest BCUT2D eigenvalue weighted by molar-refractivity contribution is 6.36. The van der Waals surface area contributed by atoms with Crippen LogP contribution in [0.3, 0.4) is 0 Å². The number of amides is 1. The van der Waals surface area contributed by atoms with E-state index in [9.17, 15) is 9.59 Å². The maximum atomic E-state index is 12.1. The van der Waals surface area contributed by atoms with Gasteiger partial charge < -0.3 is 10.1 Å². The van der Waals surface area contributed by atoms with E-state index in [4.69, 9.17) is 27.9 Å². The third kappa shape index (κ3) is 5.53. The Kier molecular flexibility index (Phi) is 7.13. The molecule has 0 bridgehead atoms. The summed E-state index contributed by atoms with van der Waals surface area (Å²) in [6.45, 7) is 2.09. The number of rotatable bonds is 6. The maximum absolute atomic E-state index is 12.1. The Balaban J connectivity index is 1.80. The number of ether oxygens (including phenoxy) is 1. The molecule has 6 heteroatoms. The number of halogens is 2. The van der Waals surface area contributed by atoms with E-state index in [1.807, 2.05) is 0 Å². The van der Waals surface area contributed by atoms with Gasteiger partial charge in [-0.1, -0.05) is 34.9 Å². The van der Waals surface area contributed by atoms with Crippen LogP contribution in [0.4, 0.5) is 0 Å². The summed E-state index contributed by atoms with van der Waals surface area (Å²) in [5, 5.41) is 3.43. The van der Waals surface area contributed by atoms with E-state index in [0.29, 0.717) is 11.6 Å². The fourth-order valence-electron chi connectivity index (χ4n) is 2.55. The normalized spacial score (nSPS) is 15.4. The molecule has 0 aromatic heterocycles. The second-order valence-corrected chi connectivity index (χ2v) is 6.66. The van der Waals surface area contributed by atoms with Crippen molar-refractivity contribution in [3.63, 3.8) is 0 Å². The topological polar surface area (TPSA) is 55.4 Å². The van der Waals surface area contributed by atoms with Crippen LogP contribution in [0.15, 0.2) is 29.8 Å². The predicted molar refractivity (Wildman–Crippen MR) is 95.5 cm³/mol. The van der Waals surface area contributed by atoms with Crippen molar-refractivity contribution in [3.05, 3.63) is 45.5 Å². The van der Waals surface area contributed by atoms with Crippen molar-refractivity contribution in [1.82, 2.24) is 5.32 Å². The highest BCUT2D eigenvalue weighted by Gasteiger charge is 2.20. The molecule has 0 spiro atoms. The van der Waals surface area contributed by atoms with E-state index in [0.717, 1.165) is 19.3 Å². The Morgan fingerprint density at radius 1 is 1.29 bits per heavy atom. The first kappa shape index (κ1) is 18.8. The molecule has 0 aliphatic heterocycles. The smallest absolute Gasteiger partial charge is 0.340 e. The Labute approximate surface area is 152 Å². The number of carbonyl (C=O) groups is 2. The third-order valence-corrected chi connectivity index (χ3v) is 4.48. The number of nitrogens with one attached hydrogen (secondary N) is 1. The maximum Gasteiger partial charge on any atom is 0.340 e. The molecule has 1 N–H and O–H groups in total. The van der Waals surface area contributed by atoms with Gasteiger partial charge in [0.05, 0.1) is 10.6 Å². The first-order valence-electron chi connectivity index (χ1n) is 8.09. The molecule has 0 fully saturated rings. The minimum absolute atomic E-state index is 0.188. The Morgan fingerprint density at radius 3 is 2.75 bits per heavy atom. The molecule has 130 valence electrons. The molecule has 0 unspecified atom stereocenters. The van der Waals surface area contributed by atoms with Crippen LogP contribution in [0.2, 0.25) is 10.0 Å². The molecule has 0 heterocycles. The van der Waals surface area contributed by atoms with Gasteiger partial charge in [-0.3, -0.25) is 4.79 Å². The van der Waals surface area contributed by atoms with Crippen LogP contribution < -0.4 is 5.32 Å². The second-order valence-electron chi connectivity index (χ2n) is 5.82. The van der Waals surface area contributed by atoms with Crippen molar-refractivity contribution in [1.29, 1.82) is 0 Å². The van der Waals surface area contributed by atoms with Gasteiger partial charge in [-0.15, -0.1) is 0 Å². The van der Waals surface area contributed by atoms with Crippen molar-refractivity contribution in [2.45, 2.75) is 45.1 Å². The number of esters is 1. The number of benzene rings is 1. The summed E-state index contributed by atoms with van der Waals surface area (Å²) in [5.74, 6) is -0.959. The highest BCUT2D eigenvalue weighted by atomic mass is 35.5. The van der Waals surface area contributed by atoms with E-state index < -0.39 is 12.1 Å². The molecular formula is C18H21Cl2NO3. The Hall–Kier alpha value is -1.52. The molecular weight excluding hydrogens is 349 g/mol. The number of hydrogen-bond acceptors (Lipinski definition) is 3. The minimum Gasteiger partial charge on any atom is -0.449 e. The number of carbonyl (C=O) groups excluding carboxylic acids is 2. The number of hydrogen-bond donors (Lipinski definition) is 1. The monoisotopic (exact) mass is 369 g/mol. The van der Waals surface area contributed by atoms with E-state index in [1.165, 1.54) is 37.5 Å². The lowest BCUT2D eigenvalue weighted by atomic mass is 9.97. The zero-order valence-electron chi connectivity index (χ0n) is 13.6. The summed E-state index contributed by atoms with van der Waals surface area (Å²) < 4.78 is 5.17. The molecule has 1 atom stereocenters. The van der Waals surface area contributed by atoms with Gasteiger partial charge in [0.25, 0.3) is 5.91 Å². The molecule has 2 rings (SSSR count). The summed E-state index contributed by atoms with van der Waals surface area (Å²) in [7, 11) is 0. The molecule has 1 aliphatic rings. The van der Waals surface area contributed by atoms with E-state index >= 15 is 0 Å². The summed E-state index contributed by atoms with van der Waals surface area (Å²) >= 11 is 11.8. The van der Waals surface area contributed by atoms with Crippen LogP contribution in [-0.4, -0.2) is 24.5 Å². The summed E-state index contributed by atoms with van der Waals surface area (Å²) in [4.78, 5) is 24.1. The lowest BCUT2D eigenvalue weighted by Crippen LogP contribution is -2.36. The predicted octanol–water partition coefficient (Wildman–Crippen LogP) is 4.55. The van der Waals surface area contributed by atoms with E-state index in [-0.39, 0.29) is 16.5 Å². The van der Waals surface area contributed by atoms with Crippen molar-refractivity contribution >= 4 is 35.1 Å². The van der Waals surface area contributed by atoms with Crippen molar-refractivity contribution < 1.29 is 14.3 Å². The van der Waals surface area contributed by atoms with Crippen LogP contribution in [0.1, 0.15) is 49.4 Å². The molecule has 0 saturated carbocycles. The lowest BCUT2D eigenvalue weighted by molar-refractivity contribution is -0.129. The average molecular weight is 370 g/mol. The largest absolute Gasteiger partial charge is 0.449 e. The van der Waals surface area contributed by atoms with Gasteiger partial charge in [0.1, 0.15) is 0 Å². The highest BCUT2D eigenvalue weighted by Crippen LogP contribution is 2.22. The Morgan fingerprint density at radius 2 is 2.08 bits per heavy atom. The van der Waals surface area contributed by atoms with Crippen LogP contribution in [0.25, 0.3) is 0 Å². The van der Waals surface area contributed by atoms with Gasteiger partial charge in [-0.2, -0.15) is 0 Å². The van der Waals surface area contributed by atoms with Gasteiger partial charge in [-0.25, -0.2) is 4.79 Å². The van der Waals surface area contributed by atoms with E-state index in [1.54, 1.807) is 6.07 Å². The zero-order valence-corrected chi connectivity index (χ0v) is 15.1. The molecule has 0 saturated heterocycles. The fraction of sp³-hybridized carbons (Fsp3) is 0.444. The SMILES string of the molecule is C[C@H](OC(=O)c1ccc(Cl)cc1Cl)C(=O)NCCC1=CCCCC1. The Bertz CT molecular complexity index is 643. The average Bonchev–Trinajstić information content (AvgIpc) is 2.55. The van der Waals surface area contributed by atoms with Crippen LogP contribution in [0, 0.1) is 0 Å². The van der Waals surface area contributed by atoms with Gasteiger partial charge in [0, 0.05) is 11.6 Å². The third-order valence-electron chi connectivity index (χ3n) is 3.93. The zero-order chi connectivity index (χ0) is 17.5. The fourth-order valence-corrected chi connectivity index (χ4v) is 3.04. The number of allylic oxidation sites excluding steroid dienone is 1. The molecule has 4 nitrogen and oxygen atoms in total. The van der Waals surface area contributed by atoms with Gasteiger partial charge in [0.15, 0.2) is 6.10 Å². The second kappa shape index (κ2) is 9.09. The minimum atomic E-state index is -0.885. The molecule has 1 aliphatic carbocycles. The van der Waals surface area contributed by atoms with Crippen LogP contribution >= 0.6 is 23.2 Å². The standard InChI is InChI=1S/C18H21Cl2NO3/c1-12(17(22)21-10-9-13-5-3-2-4-6-13)24-18(23)15-8-7-14(19)11-16(15)20/h5,7-8,11-12H,2-4,6,9-10H2,1H3,(H,21,22)/t12-/m0/s1. The quantitative estimate of drug-likeness (QED) is 0.591. The summed E-state index contributed by atoms with van der Waals surface area (Å²) in [6.07, 6.45) is 6.90. The first-order chi connectivity index (χ1) is 11.5. The van der Waals surface area contributed by atoms with Crippen molar-refractivity contribution in [2.24, 2.45) is 0 Å².